The van der Waals surface area contributed by atoms with E-state index < -0.39 is 26.5 Å². The highest BCUT2D eigenvalue weighted by Crippen LogP contribution is 2.27. The summed E-state index contributed by atoms with van der Waals surface area (Å²) in [6.45, 7) is 10.7. The molecule has 1 aliphatic rings. The van der Waals surface area contributed by atoms with Crippen molar-refractivity contribution < 1.29 is 9.13 Å². The molecule has 0 fully saturated rings. The summed E-state index contributed by atoms with van der Waals surface area (Å²) in [5.74, 6) is 0.577. The van der Waals surface area contributed by atoms with Crippen molar-refractivity contribution in [2.24, 2.45) is 16.5 Å². The highest BCUT2D eigenvalue weighted by atomic mass is 32.2. The maximum Gasteiger partial charge on any atom is 0.265 e. The first-order chi connectivity index (χ1) is 11.6. The van der Waals surface area contributed by atoms with Crippen molar-refractivity contribution >= 4 is 16.6 Å². The molecule has 0 aromatic carbocycles. The van der Waals surface area contributed by atoms with E-state index in [9.17, 15) is 14.3 Å². The monoisotopic (exact) mass is 368 g/mol. The standard InChI is InChI=1S/C14H21N3O3S.C2H2.CH5N/c1-6-10(17(18)19)7-11(9(2)3)12-8-21(20)14(4,5)13(15)16-12;2*1-2/h6-7,12H,2,8H2,1,3-5H3,(H2,15,16);1-2H;2H2,1H3/b10-6+,11-7+;;. The Kier molecular flexibility index (Phi) is 11.3. The van der Waals surface area contributed by atoms with Crippen LogP contribution in [0.4, 0.5) is 0 Å². The predicted octanol–water partition coefficient (Wildman–Crippen LogP) is 1.76. The minimum absolute atomic E-state index is 0.0441. The number of rotatable bonds is 4. The van der Waals surface area contributed by atoms with Crippen LogP contribution in [-0.2, 0) is 10.8 Å². The summed E-state index contributed by atoms with van der Waals surface area (Å²) in [5, 5.41) is 10.9. The normalized spacial score (nSPS) is 22.3. The molecule has 140 valence electrons. The lowest BCUT2D eigenvalue weighted by atomic mass is 10.00. The van der Waals surface area contributed by atoms with Gasteiger partial charge in [-0.3, -0.25) is 19.3 Å². The van der Waals surface area contributed by atoms with Gasteiger partial charge < -0.3 is 11.5 Å². The zero-order valence-electron chi connectivity index (χ0n) is 15.5. The highest BCUT2D eigenvalue weighted by molar-refractivity contribution is 7.87. The number of aliphatic imine (C=N–C) groups is 1. The maximum atomic E-state index is 12.3. The molecule has 0 bridgehead atoms. The Morgan fingerprint density at radius 3 is 2.28 bits per heavy atom. The van der Waals surface area contributed by atoms with Gasteiger partial charge in [0.05, 0.1) is 21.5 Å². The number of amidine groups is 1. The van der Waals surface area contributed by atoms with Crippen LogP contribution in [0.15, 0.2) is 40.6 Å². The molecule has 0 aromatic rings. The van der Waals surface area contributed by atoms with E-state index in [4.69, 9.17) is 5.73 Å². The fourth-order valence-corrected chi connectivity index (χ4v) is 3.14. The van der Waals surface area contributed by atoms with E-state index in [2.05, 4.69) is 30.2 Å². The lowest BCUT2D eigenvalue weighted by molar-refractivity contribution is -0.419. The minimum atomic E-state index is -1.20. The molecular formula is C17H28N4O3S. The van der Waals surface area contributed by atoms with Gasteiger partial charge in [0, 0.05) is 16.9 Å². The molecule has 0 saturated heterocycles. The quantitative estimate of drug-likeness (QED) is 0.338. The van der Waals surface area contributed by atoms with Crippen LogP contribution in [0.5, 0.6) is 0 Å². The van der Waals surface area contributed by atoms with E-state index in [-0.39, 0.29) is 11.4 Å². The number of hydrogen-bond acceptors (Lipinski definition) is 6. The first-order valence-electron chi connectivity index (χ1n) is 7.42. The van der Waals surface area contributed by atoms with Crippen molar-refractivity contribution in [3.8, 4) is 12.8 Å². The summed E-state index contributed by atoms with van der Waals surface area (Å²) in [6.07, 6.45) is 10.8. The average molecular weight is 369 g/mol. The first-order valence-corrected chi connectivity index (χ1v) is 8.74. The van der Waals surface area contributed by atoms with Crippen molar-refractivity contribution in [2.45, 2.75) is 38.5 Å². The zero-order chi connectivity index (χ0) is 20.4. The van der Waals surface area contributed by atoms with Crippen LogP contribution in [0, 0.1) is 23.0 Å². The summed E-state index contributed by atoms with van der Waals surface area (Å²) in [4.78, 5) is 14.8. The molecular weight excluding hydrogens is 340 g/mol. The van der Waals surface area contributed by atoms with Gasteiger partial charge in [0.1, 0.15) is 5.84 Å². The van der Waals surface area contributed by atoms with E-state index >= 15 is 0 Å². The number of nitrogens with two attached hydrogens (primary N) is 2. The molecule has 25 heavy (non-hydrogen) atoms. The predicted molar refractivity (Wildman–Crippen MR) is 106 cm³/mol. The lowest BCUT2D eigenvalue weighted by Gasteiger charge is -2.32. The van der Waals surface area contributed by atoms with Crippen molar-refractivity contribution in [1.82, 2.24) is 0 Å². The van der Waals surface area contributed by atoms with E-state index in [1.807, 2.05) is 0 Å². The summed E-state index contributed by atoms with van der Waals surface area (Å²) in [7, 11) is 0.298. The summed E-state index contributed by atoms with van der Waals surface area (Å²) in [5.41, 5.74) is 11.6. The first kappa shape index (κ1) is 25.0. The van der Waals surface area contributed by atoms with E-state index in [1.165, 1.54) is 19.2 Å². The molecule has 1 heterocycles. The van der Waals surface area contributed by atoms with Gasteiger partial charge in [-0.05, 0) is 46.4 Å². The molecule has 0 aliphatic carbocycles. The van der Waals surface area contributed by atoms with Crippen LogP contribution in [0.3, 0.4) is 0 Å². The van der Waals surface area contributed by atoms with Gasteiger partial charge in [0.2, 0.25) is 0 Å². The molecule has 7 nitrogen and oxygen atoms in total. The molecule has 2 unspecified atom stereocenters. The van der Waals surface area contributed by atoms with Gasteiger partial charge in [0.15, 0.2) is 0 Å². The summed E-state index contributed by atoms with van der Waals surface area (Å²) in [6, 6.07) is -0.466. The Balaban J connectivity index is 0. The largest absolute Gasteiger partial charge is 0.386 e. The third-order valence-electron chi connectivity index (χ3n) is 3.45. The second-order valence-corrected chi connectivity index (χ2v) is 7.45. The van der Waals surface area contributed by atoms with Gasteiger partial charge in [0.25, 0.3) is 5.70 Å². The molecule has 0 radical (unpaired) electrons. The van der Waals surface area contributed by atoms with Crippen LogP contribution >= 0.6 is 0 Å². The molecule has 4 N–H and O–H groups in total. The number of nitrogens with zero attached hydrogens (tertiary/aromatic N) is 2. The third-order valence-corrected chi connectivity index (χ3v) is 5.42. The van der Waals surface area contributed by atoms with Crippen LogP contribution in [0.1, 0.15) is 27.7 Å². The molecule has 1 rings (SSSR count). The highest BCUT2D eigenvalue weighted by Gasteiger charge is 2.37. The number of nitro groups is 1. The van der Waals surface area contributed by atoms with Crippen molar-refractivity contribution in [3.63, 3.8) is 0 Å². The van der Waals surface area contributed by atoms with Gasteiger partial charge in [-0.1, -0.05) is 12.2 Å². The average Bonchev–Trinajstić information content (AvgIpc) is 2.56. The lowest BCUT2D eigenvalue weighted by Crippen LogP contribution is -2.49. The Labute approximate surface area is 152 Å². The molecule has 0 aromatic heterocycles. The van der Waals surface area contributed by atoms with E-state index in [0.717, 1.165) is 0 Å². The number of terminal acetylenes is 1. The molecule has 1 aliphatic heterocycles. The summed E-state index contributed by atoms with van der Waals surface area (Å²) < 4.78 is 11.6. The minimum Gasteiger partial charge on any atom is -0.386 e. The van der Waals surface area contributed by atoms with Gasteiger partial charge in [-0.25, -0.2) is 0 Å². The molecule has 8 heteroatoms. The topological polar surface area (TPSA) is 125 Å². The fraction of sp³-hybridized carbons (Fsp3) is 0.471. The van der Waals surface area contributed by atoms with Crippen molar-refractivity contribution in [1.29, 1.82) is 0 Å². The third kappa shape index (κ3) is 6.64. The van der Waals surface area contributed by atoms with Gasteiger partial charge in [-0.2, -0.15) is 0 Å². The van der Waals surface area contributed by atoms with Gasteiger partial charge in [-0.15, -0.1) is 12.8 Å². The van der Waals surface area contributed by atoms with E-state index in [0.29, 0.717) is 17.0 Å². The second-order valence-electron chi connectivity index (χ2n) is 5.40. The molecule has 0 saturated carbocycles. The van der Waals surface area contributed by atoms with Crippen LogP contribution < -0.4 is 11.5 Å². The Bertz CT molecular complexity index is 631. The fourth-order valence-electron chi connectivity index (χ4n) is 1.89. The van der Waals surface area contributed by atoms with Crippen molar-refractivity contribution in [3.05, 3.63) is 45.7 Å². The molecule has 0 spiro atoms. The Hall–Kier alpha value is -2.24. The van der Waals surface area contributed by atoms with Crippen LogP contribution in [-0.4, -0.2) is 38.6 Å². The molecule has 2 atom stereocenters. The van der Waals surface area contributed by atoms with Crippen LogP contribution in [0.2, 0.25) is 0 Å². The number of allylic oxidation sites excluding steroid dienone is 2. The van der Waals surface area contributed by atoms with E-state index in [1.54, 1.807) is 27.7 Å². The number of hydrogen-bond donors (Lipinski definition) is 2. The van der Waals surface area contributed by atoms with Gasteiger partial charge >= 0.3 is 0 Å². The summed E-state index contributed by atoms with van der Waals surface area (Å²) >= 11 is 0. The zero-order valence-corrected chi connectivity index (χ0v) is 16.3. The smallest absolute Gasteiger partial charge is 0.265 e. The Morgan fingerprint density at radius 2 is 1.96 bits per heavy atom. The van der Waals surface area contributed by atoms with Crippen molar-refractivity contribution in [2.75, 3.05) is 12.8 Å². The van der Waals surface area contributed by atoms with Crippen LogP contribution in [0.25, 0.3) is 0 Å². The Morgan fingerprint density at radius 1 is 1.48 bits per heavy atom. The maximum absolute atomic E-state index is 12.3. The second kappa shape index (κ2) is 11.3. The SMILES string of the molecule is C#C.C=C(C)/C(=C\C(=C/C)[N+](=O)[O-])C1CS(=O)C(C)(C)C(N)=N1.CN. The molecule has 0 amide bonds.